The molecule has 62 valence electrons. The summed E-state index contributed by atoms with van der Waals surface area (Å²) < 4.78 is 5.36. The van der Waals surface area contributed by atoms with Crippen molar-refractivity contribution in [3.63, 3.8) is 0 Å². The molecule has 0 amide bonds. The molecule has 0 aliphatic heterocycles. The van der Waals surface area contributed by atoms with Gasteiger partial charge in [-0.15, -0.1) is 0 Å². The summed E-state index contributed by atoms with van der Waals surface area (Å²) in [6.45, 7) is 5.93. The molecular weight excluding hydrogens is 138 g/mol. The molecule has 0 aromatic carbocycles. The quantitative estimate of drug-likeness (QED) is 0.703. The average molecular weight is 153 g/mol. The van der Waals surface area contributed by atoms with Gasteiger partial charge >= 0.3 is 0 Å². The van der Waals surface area contributed by atoms with E-state index >= 15 is 0 Å². The van der Waals surface area contributed by atoms with Crippen LogP contribution >= 0.6 is 0 Å². The molecule has 2 heteroatoms. The SMILES string of the molecule is Cc1cc(C[C@@H](C)N)c(C)o1. The number of nitrogens with two attached hydrogens (primary N) is 1. The van der Waals surface area contributed by atoms with Crippen LogP contribution in [-0.2, 0) is 6.42 Å². The van der Waals surface area contributed by atoms with Gasteiger partial charge in [0.05, 0.1) is 0 Å². The van der Waals surface area contributed by atoms with Crippen molar-refractivity contribution in [2.24, 2.45) is 5.73 Å². The van der Waals surface area contributed by atoms with E-state index in [0.717, 1.165) is 17.9 Å². The smallest absolute Gasteiger partial charge is 0.104 e. The molecular formula is C9H15NO. The van der Waals surface area contributed by atoms with Crippen LogP contribution in [0.4, 0.5) is 0 Å². The molecule has 0 bridgehead atoms. The highest BCUT2D eigenvalue weighted by molar-refractivity contribution is 5.20. The van der Waals surface area contributed by atoms with Crippen LogP contribution in [0.3, 0.4) is 0 Å². The summed E-state index contributed by atoms with van der Waals surface area (Å²) in [6, 6.07) is 2.27. The summed E-state index contributed by atoms with van der Waals surface area (Å²) >= 11 is 0. The number of hydrogen-bond acceptors (Lipinski definition) is 2. The number of hydrogen-bond donors (Lipinski definition) is 1. The van der Waals surface area contributed by atoms with E-state index in [1.165, 1.54) is 5.56 Å². The lowest BCUT2D eigenvalue weighted by molar-refractivity contribution is 0.499. The van der Waals surface area contributed by atoms with Gasteiger partial charge in [0.15, 0.2) is 0 Å². The van der Waals surface area contributed by atoms with Crippen molar-refractivity contribution in [2.75, 3.05) is 0 Å². The second-order valence-electron chi connectivity index (χ2n) is 3.12. The molecule has 0 unspecified atom stereocenters. The van der Waals surface area contributed by atoms with Crippen LogP contribution in [0.15, 0.2) is 10.5 Å². The number of aryl methyl sites for hydroxylation is 2. The summed E-state index contributed by atoms with van der Waals surface area (Å²) in [6.07, 6.45) is 0.906. The molecule has 0 spiro atoms. The molecule has 1 aromatic heterocycles. The average Bonchev–Trinajstić information content (AvgIpc) is 2.09. The summed E-state index contributed by atoms with van der Waals surface area (Å²) in [5, 5.41) is 0. The van der Waals surface area contributed by atoms with Crippen molar-refractivity contribution in [2.45, 2.75) is 33.2 Å². The van der Waals surface area contributed by atoms with E-state index in [1.807, 2.05) is 20.8 Å². The topological polar surface area (TPSA) is 39.2 Å². The fourth-order valence-electron chi connectivity index (χ4n) is 1.23. The van der Waals surface area contributed by atoms with Crippen molar-refractivity contribution < 1.29 is 4.42 Å². The summed E-state index contributed by atoms with van der Waals surface area (Å²) in [4.78, 5) is 0. The van der Waals surface area contributed by atoms with Gasteiger partial charge in [-0.1, -0.05) is 0 Å². The maximum absolute atomic E-state index is 5.66. The molecule has 1 aromatic rings. The minimum absolute atomic E-state index is 0.214. The van der Waals surface area contributed by atoms with Crippen LogP contribution in [0.2, 0.25) is 0 Å². The standard InChI is InChI=1S/C9H15NO/c1-6(10)4-9-5-7(2)11-8(9)3/h5-6H,4,10H2,1-3H3/t6-/m1/s1. The Bertz CT molecular complexity index is 238. The normalized spacial score (nSPS) is 13.5. The Morgan fingerprint density at radius 2 is 2.18 bits per heavy atom. The predicted octanol–water partition coefficient (Wildman–Crippen LogP) is 1.79. The second kappa shape index (κ2) is 3.09. The first-order chi connectivity index (χ1) is 5.09. The summed E-state index contributed by atoms with van der Waals surface area (Å²) in [5.41, 5.74) is 6.89. The van der Waals surface area contributed by atoms with Gasteiger partial charge in [0, 0.05) is 6.04 Å². The van der Waals surface area contributed by atoms with E-state index in [0.29, 0.717) is 0 Å². The molecule has 2 nitrogen and oxygen atoms in total. The molecule has 1 heterocycles. The Hall–Kier alpha value is -0.760. The van der Waals surface area contributed by atoms with Crippen molar-refractivity contribution in [3.05, 3.63) is 23.2 Å². The minimum atomic E-state index is 0.214. The zero-order valence-corrected chi connectivity index (χ0v) is 7.35. The van der Waals surface area contributed by atoms with E-state index in [1.54, 1.807) is 0 Å². The Labute approximate surface area is 67.4 Å². The maximum Gasteiger partial charge on any atom is 0.104 e. The Morgan fingerprint density at radius 3 is 2.55 bits per heavy atom. The molecule has 0 aliphatic carbocycles. The first kappa shape index (κ1) is 8.34. The zero-order valence-electron chi connectivity index (χ0n) is 7.35. The van der Waals surface area contributed by atoms with Gasteiger partial charge in [-0.25, -0.2) is 0 Å². The molecule has 1 atom stereocenters. The van der Waals surface area contributed by atoms with Crippen LogP contribution in [0.5, 0.6) is 0 Å². The van der Waals surface area contributed by atoms with Gasteiger partial charge in [-0.05, 0) is 38.8 Å². The highest BCUT2D eigenvalue weighted by atomic mass is 16.3. The fourth-order valence-corrected chi connectivity index (χ4v) is 1.23. The lowest BCUT2D eigenvalue weighted by atomic mass is 10.1. The summed E-state index contributed by atoms with van der Waals surface area (Å²) in [7, 11) is 0. The lowest BCUT2D eigenvalue weighted by Gasteiger charge is -2.01. The molecule has 2 N–H and O–H groups in total. The van der Waals surface area contributed by atoms with Gasteiger partial charge in [-0.2, -0.15) is 0 Å². The largest absolute Gasteiger partial charge is 0.466 e. The van der Waals surface area contributed by atoms with Crippen molar-refractivity contribution >= 4 is 0 Å². The number of furan rings is 1. The monoisotopic (exact) mass is 153 g/mol. The van der Waals surface area contributed by atoms with Gasteiger partial charge in [0.2, 0.25) is 0 Å². The third-order valence-corrected chi connectivity index (χ3v) is 1.69. The van der Waals surface area contributed by atoms with Gasteiger partial charge in [-0.3, -0.25) is 0 Å². The molecule has 0 fully saturated rings. The molecule has 0 saturated heterocycles. The van der Waals surface area contributed by atoms with Crippen LogP contribution in [0.25, 0.3) is 0 Å². The Morgan fingerprint density at radius 1 is 1.55 bits per heavy atom. The van der Waals surface area contributed by atoms with Crippen molar-refractivity contribution in [1.82, 2.24) is 0 Å². The highest BCUT2D eigenvalue weighted by Gasteiger charge is 2.05. The molecule has 11 heavy (non-hydrogen) atoms. The fraction of sp³-hybridized carbons (Fsp3) is 0.556. The second-order valence-corrected chi connectivity index (χ2v) is 3.12. The molecule has 0 saturated carbocycles. The van der Waals surface area contributed by atoms with Crippen LogP contribution in [0, 0.1) is 13.8 Å². The van der Waals surface area contributed by atoms with Gasteiger partial charge in [0.1, 0.15) is 11.5 Å². The molecule has 1 rings (SSSR count). The zero-order chi connectivity index (χ0) is 8.43. The van der Waals surface area contributed by atoms with Gasteiger partial charge < -0.3 is 10.2 Å². The Balaban J connectivity index is 2.77. The minimum Gasteiger partial charge on any atom is -0.466 e. The van der Waals surface area contributed by atoms with Crippen LogP contribution in [-0.4, -0.2) is 6.04 Å². The molecule has 0 aliphatic rings. The van der Waals surface area contributed by atoms with Crippen LogP contribution in [0.1, 0.15) is 24.0 Å². The van der Waals surface area contributed by atoms with Crippen molar-refractivity contribution in [3.8, 4) is 0 Å². The third kappa shape index (κ3) is 2.09. The van der Waals surface area contributed by atoms with E-state index in [4.69, 9.17) is 10.2 Å². The maximum atomic E-state index is 5.66. The van der Waals surface area contributed by atoms with Gasteiger partial charge in [0.25, 0.3) is 0 Å². The van der Waals surface area contributed by atoms with E-state index in [-0.39, 0.29) is 6.04 Å². The third-order valence-electron chi connectivity index (χ3n) is 1.69. The predicted molar refractivity (Wildman–Crippen MR) is 45.5 cm³/mol. The van der Waals surface area contributed by atoms with E-state index in [2.05, 4.69) is 6.07 Å². The Kier molecular flexibility index (Phi) is 2.35. The van der Waals surface area contributed by atoms with E-state index < -0.39 is 0 Å². The highest BCUT2D eigenvalue weighted by Crippen LogP contribution is 2.14. The first-order valence-corrected chi connectivity index (χ1v) is 3.91. The summed E-state index contributed by atoms with van der Waals surface area (Å²) in [5.74, 6) is 1.97. The number of rotatable bonds is 2. The van der Waals surface area contributed by atoms with Crippen LogP contribution < -0.4 is 5.73 Å². The first-order valence-electron chi connectivity index (χ1n) is 3.91. The molecule has 0 radical (unpaired) electrons. The van der Waals surface area contributed by atoms with E-state index in [9.17, 15) is 0 Å². The van der Waals surface area contributed by atoms with Crippen molar-refractivity contribution in [1.29, 1.82) is 0 Å². The lowest BCUT2D eigenvalue weighted by Crippen LogP contribution is -2.17.